The van der Waals surface area contributed by atoms with E-state index in [2.05, 4.69) is 16.9 Å². The Morgan fingerprint density at radius 3 is 1.88 bits per heavy atom. The first-order valence-corrected chi connectivity index (χ1v) is 8.89. The zero-order chi connectivity index (χ0) is 18.6. The van der Waals surface area contributed by atoms with Crippen LogP contribution in [0.4, 0.5) is 13.2 Å². The minimum Gasteiger partial charge on any atom is -0.406 e. The topological polar surface area (TPSA) is 18.5 Å². The Morgan fingerprint density at radius 1 is 0.846 bits per heavy atom. The minimum absolute atomic E-state index is 0.203. The van der Waals surface area contributed by atoms with Crippen molar-refractivity contribution in [3.8, 4) is 16.9 Å². The van der Waals surface area contributed by atoms with Gasteiger partial charge in [0.1, 0.15) is 5.75 Å². The maximum absolute atomic E-state index is 12.2. The Hall–Kier alpha value is -2.01. The van der Waals surface area contributed by atoms with E-state index in [1.54, 1.807) is 19.2 Å². The zero-order valence-corrected chi connectivity index (χ0v) is 14.8. The number of halogens is 3. The fourth-order valence-corrected chi connectivity index (χ4v) is 3.69. The van der Waals surface area contributed by atoms with Crippen LogP contribution >= 0.6 is 0 Å². The number of benzene rings is 2. The third-order valence-electron chi connectivity index (χ3n) is 5.05. The molecule has 0 bridgehead atoms. The molecule has 1 aliphatic rings. The molecular formula is C21H23F3O2. The molecule has 0 spiro atoms. The predicted molar refractivity (Wildman–Crippen MR) is 95.1 cm³/mol. The lowest BCUT2D eigenvalue weighted by Gasteiger charge is -2.28. The molecule has 1 saturated carbocycles. The monoisotopic (exact) mass is 364 g/mol. The zero-order valence-electron chi connectivity index (χ0n) is 14.8. The number of hydrogen-bond donors (Lipinski definition) is 0. The summed E-state index contributed by atoms with van der Waals surface area (Å²) in [4.78, 5) is 0. The number of hydrogen-bond acceptors (Lipinski definition) is 2. The Labute approximate surface area is 151 Å². The van der Waals surface area contributed by atoms with Crippen molar-refractivity contribution in [3.63, 3.8) is 0 Å². The molecule has 0 aromatic heterocycles. The van der Waals surface area contributed by atoms with Gasteiger partial charge in [-0.1, -0.05) is 36.4 Å². The van der Waals surface area contributed by atoms with Crippen molar-refractivity contribution in [1.82, 2.24) is 0 Å². The maximum atomic E-state index is 12.2. The molecule has 0 radical (unpaired) electrons. The average molecular weight is 364 g/mol. The van der Waals surface area contributed by atoms with Crippen molar-refractivity contribution in [2.24, 2.45) is 5.92 Å². The van der Waals surface area contributed by atoms with E-state index in [1.807, 2.05) is 12.1 Å². The van der Waals surface area contributed by atoms with Crippen molar-refractivity contribution in [2.75, 3.05) is 13.7 Å². The van der Waals surface area contributed by atoms with E-state index in [9.17, 15) is 13.2 Å². The third kappa shape index (κ3) is 5.01. The van der Waals surface area contributed by atoms with E-state index >= 15 is 0 Å². The first kappa shape index (κ1) is 18.8. The quantitative estimate of drug-likeness (QED) is 0.631. The first-order valence-electron chi connectivity index (χ1n) is 8.89. The molecular weight excluding hydrogens is 341 g/mol. The van der Waals surface area contributed by atoms with Gasteiger partial charge in [0.15, 0.2) is 0 Å². The standard InChI is InChI=1S/C21H23F3O2/c1-25-14-15-2-4-16(5-3-15)17-6-8-18(9-7-17)19-10-12-20(13-11-19)26-21(22,23)24/h6-13,15-16H,2-5,14H2,1H3. The summed E-state index contributed by atoms with van der Waals surface area (Å²) in [7, 11) is 1.76. The van der Waals surface area contributed by atoms with Crippen molar-refractivity contribution in [3.05, 3.63) is 54.1 Å². The van der Waals surface area contributed by atoms with E-state index < -0.39 is 6.36 Å². The summed E-state index contributed by atoms with van der Waals surface area (Å²) in [5, 5.41) is 0. The van der Waals surface area contributed by atoms with Crippen molar-refractivity contribution in [2.45, 2.75) is 38.0 Å². The minimum atomic E-state index is -4.66. The molecule has 0 unspecified atom stereocenters. The highest BCUT2D eigenvalue weighted by Crippen LogP contribution is 2.36. The molecule has 0 heterocycles. The smallest absolute Gasteiger partial charge is 0.406 e. The number of alkyl halides is 3. The normalized spacial score (nSPS) is 20.8. The van der Waals surface area contributed by atoms with Crippen LogP contribution in [-0.4, -0.2) is 20.1 Å². The van der Waals surface area contributed by atoms with Crippen LogP contribution in [0.25, 0.3) is 11.1 Å². The fourth-order valence-electron chi connectivity index (χ4n) is 3.69. The first-order chi connectivity index (χ1) is 12.4. The Kier molecular flexibility index (Phi) is 5.87. The van der Waals surface area contributed by atoms with E-state index in [4.69, 9.17) is 4.74 Å². The van der Waals surface area contributed by atoms with E-state index in [1.165, 1.54) is 43.4 Å². The number of ether oxygens (including phenoxy) is 2. The molecule has 140 valence electrons. The largest absolute Gasteiger partial charge is 0.573 e. The molecule has 26 heavy (non-hydrogen) atoms. The average Bonchev–Trinajstić information content (AvgIpc) is 2.62. The summed E-state index contributed by atoms with van der Waals surface area (Å²) >= 11 is 0. The van der Waals surface area contributed by atoms with Crippen LogP contribution in [0, 0.1) is 5.92 Å². The van der Waals surface area contributed by atoms with Gasteiger partial charge in [0.05, 0.1) is 0 Å². The van der Waals surface area contributed by atoms with E-state index in [-0.39, 0.29) is 5.75 Å². The molecule has 0 aliphatic heterocycles. The van der Waals surface area contributed by atoms with Gasteiger partial charge in [0.2, 0.25) is 0 Å². The highest BCUT2D eigenvalue weighted by Gasteiger charge is 2.31. The summed E-state index contributed by atoms with van der Waals surface area (Å²) in [6.07, 6.45) is 0.0843. The van der Waals surface area contributed by atoms with Gasteiger partial charge < -0.3 is 9.47 Å². The van der Waals surface area contributed by atoms with Gasteiger partial charge >= 0.3 is 6.36 Å². The molecule has 0 atom stereocenters. The van der Waals surface area contributed by atoms with Crippen LogP contribution in [0.1, 0.15) is 37.2 Å². The molecule has 5 heteroatoms. The van der Waals surface area contributed by atoms with Gasteiger partial charge in [-0.3, -0.25) is 0 Å². The van der Waals surface area contributed by atoms with Gasteiger partial charge in [-0.25, -0.2) is 0 Å². The summed E-state index contributed by atoms with van der Waals surface area (Å²) in [5.74, 6) is 1.05. The highest BCUT2D eigenvalue weighted by molar-refractivity contribution is 5.64. The second-order valence-corrected chi connectivity index (χ2v) is 6.87. The molecule has 2 aromatic carbocycles. The fraction of sp³-hybridized carbons (Fsp3) is 0.429. The van der Waals surface area contributed by atoms with E-state index in [0.717, 1.165) is 17.7 Å². The van der Waals surface area contributed by atoms with Gasteiger partial charge in [0.25, 0.3) is 0 Å². The predicted octanol–water partition coefficient (Wildman–Crippen LogP) is 6.17. The Balaban J connectivity index is 1.63. The molecule has 1 aliphatic carbocycles. The van der Waals surface area contributed by atoms with Crippen molar-refractivity contribution < 1.29 is 22.6 Å². The third-order valence-corrected chi connectivity index (χ3v) is 5.05. The van der Waals surface area contributed by atoms with Crippen LogP contribution in [0.15, 0.2) is 48.5 Å². The lowest BCUT2D eigenvalue weighted by Crippen LogP contribution is -2.17. The molecule has 0 saturated heterocycles. The molecule has 0 amide bonds. The summed E-state index contributed by atoms with van der Waals surface area (Å²) in [6, 6.07) is 14.3. The van der Waals surface area contributed by atoms with Crippen LogP contribution < -0.4 is 4.74 Å². The summed E-state index contributed by atoms with van der Waals surface area (Å²) < 4.78 is 45.8. The van der Waals surface area contributed by atoms with Crippen molar-refractivity contribution >= 4 is 0 Å². The Morgan fingerprint density at radius 2 is 1.38 bits per heavy atom. The summed E-state index contributed by atoms with van der Waals surface area (Å²) in [6.45, 7) is 0.847. The lowest BCUT2D eigenvalue weighted by atomic mass is 9.79. The van der Waals surface area contributed by atoms with Crippen LogP contribution in [-0.2, 0) is 4.74 Å². The Bertz CT molecular complexity index is 685. The van der Waals surface area contributed by atoms with Gasteiger partial charge in [-0.05, 0) is 66.3 Å². The molecule has 3 rings (SSSR count). The summed E-state index contributed by atoms with van der Waals surface area (Å²) in [5.41, 5.74) is 3.19. The van der Waals surface area contributed by atoms with E-state index in [0.29, 0.717) is 11.8 Å². The number of methoxy groups -OCH3 is 1. The van der Waals surface area contributed by atoms with Crippen LogP contribution in [0.5, 0.6) is 5.75 Å². The molecule has 0 N–H and O–H groups in total. The van der Waals surface area contributed by atoms with Crippen LogP contribution in [0.2, 0.25) is 0 Å². The second-order valence-electron chi connectivity index (χ2n) is 6.87. The maximum Gasteiger partial charge on any atom is 0.573 e. The van der Waals surface area contributed by atoms with Gasteiger partial charge in [-0.2, -0.15) is 0 Å². The number of rotatable bonds is 5. The highest BCUT2D eigenvalue weighted by atomic mass is 19.4. The lowest BCUT2D eigenvalue weighted by molar-refractivity contribution is -0.274. The van der Waals surface area contributed by atoms with Crippen molar-refractivity contribution in [1.29, 1.82) is 0 Å². The second kappa shape index (κ2) is 8.12. The molecule has 1 fully saturated rings. The SMILES string of the molecule is COCC1CCC(c2ccc(-c3ccc(OC(F)(F)F)cc3)cc2)CC1. The van der Waals surface area contributed by atoms with Gasteiger partial charge in [-0.15, -0.1) is 13.2 Å². The van der Waals surface area contributed by atoms with Gasteiger partial charge in [0, 0.05) is 13.7 Å². The molecule has 2 nitrogen and oxygen atoms in total. The molecule has 2 aromatic rings. The van der Waals surface area contributed by atoms with Crippen LogP contribution in [0.3, 0.4) is 0 Å².